The van der Waals surface area contributed by atoms with E-state index < -0.39 is 12.1 Å². The largest absolute Gasteiger partial charge is 0.547 e. The molecule has 1 saturated heterocycles. The van der Waals surface area contributed by atoms with Crippen molar-refractivity contribution in [3.63, 3.8) is 0 Å². The Labute approximate surface area is 119 Å². The van der Waals surface area contributed by atoms with Gasteiger partial charge in [-0.25, -0.2) is 0 Å². The van der Waals surface area contributed by atoms with Gasteiger partial charge < -0.3 is 14.6 Å². The summed E-state index contributed by atoms with van der Waals surface area (Å²) in [5, 5.41) is 10.3. The number of aliphatic carboxylic acids is 1. The Balaban J connectivity index is 0.000000845. The van der Waals surface area contributed by atoms with Crippen molar-refractivity contribution in [3.05, 3.63) is 35.9 Å². The van der Waals surface area contributed by atoms with Crippen LogP contribution in [0.3, 0.4) is 0 Å². The van der Waals surface area contributed by atoms with Gasteiger partial charge in [-0.1, -0.05) is 30.3 Å². The third-order valence-electron chi connectivity index (χ3n) is 1.85. The second kappa shape index (κ2) is 4.68. The molecule has 1 fully saturated rings. The van der Waals surface area contributed by atoms with Crippen LogP contribution in [0, 0.1) is 0 Å². The van der Waals surface area contributed by atoms with Crippen LogP contribution in [-0.2, 0) is 9.53 Å². The smallest absolute Gasteiger partial charge is 0.128 e. The second-order valence-corrected chi connectivity index (χ2v) is 2.71. The van der Waals surface area contributed by atoms with Crippen LogP contribution >= 0.6 is 0 Å². The summed E-state index contributed by atoms with van der Waals surface area (Å²) < 4.78 is 4.90. The predicted octanol–water partition coefficient (Wildman–Crippen LogP) is -0.504. The van der Waals surface area contributed by atoms with Gasteiger partial charge in [-0.3, -0.25) is 0 Å². The molecule has 63 valence electrons. The third-order valence-corrected chi connectivity index (χ3v) is 1.85. The normalized spacial score (nSPS) is 24.6. The summed E-state index contributed by atoms with van der Waals surface area (Å²) >= 11 is 0. The SMILES string of the molecule is O=C([O-])C1OC1c1ccccc1.[K]. The number of epoxide rings is 1. The molecule has 3 nitrogen and oxygen atoms in total. The summed E-state index contributed by atoms with van der Waals surface area (Å²) in [5.41, 5.74) is 0.895. The van der Waals surface area contributed by atoms with Crippen molar-refractivity contribution < 1.29 is 14.6 Å². The van der Waals surface area contributed by atoms with E-state index in [-0.39, 0.29) is 57.5 Å². The first-order chi connectivity index (χ1) is 5.79. The average Bonchev–Trinajstić information content (AvgIpc) is 2.84. The number of carbonyl (C=O) groups excluding carboxylic acids is 1. The van der Waals surface area contributed by atoms with E-state index in [2.05, 4.69) is 0 Å². The van der Waals surface area contributed by atoms with Crippen molar-refractivity contribution in [2.75, 3.05) is 0 Å². The molecule has 0 aliphatic carbocycles. The summed E-state index contributed by atoms with van der Waals surface area (Å²) in [5.74, 6) is -1.14. The first-order valence-corrected chi connectivity index (χ1v) is 3.70. The minimum atomic E-state index is -1.14. The Kier molecular flexibility index (Phi) is 4.09. The van der Waals surface area contributed by atoms with Gasteiger partial charge in [0.1, 0.15) is 12.2 Å². The number of carboxylic acids is 1. The zero-order valence-electron chi connectivity index (χ0n) is 7.27. The van der Waals surface area contributed by atoms with Crippen LogP contribution in [0.15, 0.2) is 30.3 Å². The second-order valence-electron chi connectivity index (χ2n) is 2.71. The van der Waals surface area contributed by atoms with Crippen molar-refractivity contribution in [2.45, 2.75) is 12.2 Å². The standard InChI is InChI=1S/C9H8O3.K/c10-9(11)8-7(12-8)6-4-2-1-3-5-6;/h1-5,7-8H,(H,10,11);/p-1. The molecule has 0 aromatic heterocycles. The fraction of sp³-hybridized carbons (Fsp3) is 0.222. The molecular formula is C9H7KO3-. The molecule has 1 aliphatic heterocycles. The van der Waals surface area contributed by atoms with Gasteiger partial charge in [0, 0.05) is 51.4 Å². The zero-order valence-corrected chi connectivity index (χ0v) is 10.4. The quantitative estimate of drug-likeness (QED) is 0.479. The Morgan fingerprint density at radius 2 is 1.92 bits per heavy atom. The summed E-state index contributed by atoms with van der Waals surface area (Å²) in [7, 11) is 0. The molecule has 1 radical (unpaired) electrons. The molecule has 1 aliphatic rings. The van der Waals surface area contributed by atoms with E-state index in [0.717, 1.165) is 5.56 Å². The van der Waals surface area contributed by atoms with E-state index >= 15 is 0 Å². The number of hydrogen-bond acceptors (Lipinski definition) is 3. The number of hydrogen-bond donors (Lipinski definition) is 0. The summed E-state index contributed by atoms with van der Waals surface area (Å²) in [4.78, 5) is 10.3. The number of ether oxygens (including phenoxy) is 1. The molecule has 4 heteroatoms. The Hall–Kier alpha value is 0.286. The Morgan fingerprint density at radius 3 is 2.38 bits per heavy atom. The first kappa shape index (κ1) is 11.4. The topological polar surface area (TPSA) is 52.7 Å². The van der Waals surface area contributed by atoms with Crippen molar-refractivity contribution in [2.24, 2.45) is 0 Å². The number of rotatable bonds is 2. The van der Waals surface area contributed by atoms with Crippen LogP contribution in [0.2, 0.25) is 0 Å². The van der Waals surface area contributed by atoms with Crippen molar-refractivity contribution in [3.8, 4) is 0 Å². The molecule has 0 amide bonds. The van der Waals surface area contributed by atoms with Gasteiger partial charge in [0.25, 0.3) is 0 Å². The predicted molar refractivity (Wildman–Crippen MR) is 44.8 cm³/mol. The molecular weight excluding hydrogens is 195 g/mol. The summed E-state index contributed by atoms with van der Waals surface area (Å²) in [6.07, 6.45) is -1.04. The Bertz CT molecular complexity index is 299. The average molecular weight is 202 g/mol. The fourth-order valence-electron chi connectivity index (χ4n) is 1.19. The van der Waals surface area contributed by atoms with Gasteiger partial charge in [0.05, 0.1) is 5.97 Å². The van der Waals surface area contributed by atoms with Crippen molar-refractivity contribution in [1.82, 2.24) is 0 Å². The fourth-order valence-corrected chi connectivity index (χ4v) is 1.19. The van der Waals surface area contributed by atoms with Crippen LogP contribution in [0.5, 0.6) is 0 Å². The maximum Gasteiger partial charge on any atom is 0.128 e. The summed E-state index contributed by atoms with van der Waals surface area (Å²) in [6.45, 7) is 0. The van der Waals surface area contributed by atoms with Gasteiger partial charge in [0.15, 0.2) is 0 Å². The molecule has 13 heavy (non-hydrogen) atoms. The van der Waals surface area contributed by atoms with Gasteiger partial charge in [-0.15, -0.1) is 0 Å². The Morgan fingerprint density at radius 1 is 1.31 bits per heavy atom. The van der Waals surface area contributed by atoms with E-state index in [1.165, 1.54) is 0 Å². The molecule has 0 saturated carbocycles. The number of benzene rings is 1. The molecule has 0 N–H and O–H groups in total. The maximum atomic E-state index is 10.3. The van der Waals surface area contributed by atoms with Crippen LogP contribution in [0.25, 0.3) is 0 Å². The van der Waals surface area contributed by atoms with Crippen molar-refractivity contribution >= 4 is 57.4 Å². The molecule has 0 bridgehead atoms. The van der Waals surface area contributed by atoms with Crippen LogP contribution in [0.1, 0.15) is 11.7 Å². The molecule has 2 rings (SSSR count). The maximum absolute atomic E-state index is 10.3. The van der Waals surface area contributed by atoms with E-state index in [1.54, 1.807) is 0 Å². The van der Waals surface area contributed by atoms with E-state index in [0.29, 0.717) is 0 Å². The molecule has 1 heterocycles. The van der Waals surface area contributed by atoms with E-state index in [9.17, 15) is 9.90 Å². The van der Waals surface area contributed by atoms with E-state index in [4.69, 9.17) is 4.74 Å². The van der Waals surface area contributed by atoms with Crippen LogP contribution in [0.4, 0.5) is 0 Å². The first-order valence-electron chi connectivity index (χ1n) is 3.70. The molecule has 0 spiro atoms. The zero-order chi connectivity index (χ0) is 8.55. The van der Waals surface area contributed by atoms with Gasteiger partial charge >= 0.3 is 0 Å². The minimum absolute atomic E-state index is 0. The van der Waals surface area contributed by atoms with Crippen LogP contribution in [-0.4, -0.2) is 63.5 Å². The molecule has 1 aromatic carbocycles. The molecule has 2 unspecified atom stereocenters. The van der Waals surface area contributed by atoms with Crippen molar-refractivity contribution in [1.29, 1.82) is 0 Å². The van der Waals surface area contributed by atoms with Gasteiger partial charge in [-0.2, -0.15) is 0 Å². The minimum Gasteiger partial charge on any atom is -0.547 e. The number of carbonyl (C=O) groups is 1. The molecule has 2 atom stereocenters. The molecule has 1 aromatic rings. The monoisotopic (exact) mass is 202 g/mol. The van der Waals surface area contributed by atoms with Crippen LogP contribution < -0.4 is 5.11 Å². The summed E-state index contributed by atoms with van der Waals surface area (Å²) in [6, 6.07) is 9.26. The third kappa shape index (κ3) is 2.62. The van der Waals surface area contributed by atoms with E-state index in [1.807, 2.05) is 30.3 Å². The number of carboxylic acid groups (broad SMARTS) is 1. The van der Waals surface area contributed by atoms with Gasteiger partial charge in [0.2, 0.25) is 0 Å². The van der Waals surface area contributed by atoms with Gasteiger partial charge in [-0.05, 0) is 5.56 Å².